The van der Waals surface area contributed by atoms with E-state index >= 15 is 0 Å². The second-order valence-corrected chi connectivity index (χ2v) is 5.17. The van der Waals surface area contributed by atoms with Gasteiger partial charge in [0.2, 0.25) is 0 Å². The lowest BCUT2D eigenvalue weighted by Crippen LogP contribution is -2.45. The Balaban J connectivity index is 1.81. The first-order chi connectivity index (χ1) is 8.94. The van der Waals surface area contributed by atoms with Crippen molar-refractivity contribution in [2.75, 3.05) is 18.0 Å². The number of hydrogen-bond donors (Lipinski definition) is 1. The van der Waals surface area contributed by atoms with Crippen molar-refractivity contribution < 1.29 is 18.3 Å². The van der Waals surface area contributed by atoms with Crippen molar-refractivity contribution in [1.82, 2.24) is 0 Å². The number of fused-ring (bicyclic) bond motifs is 1. The van der Waals surface area contributed by atoms with Gasteiger partial charge in [0.1, 0.15) is 0 Å². The van der Waals surface area contributed by atoms with E-state index in [1.807, 2.05) is 0 Å². The Morgan fingerprint density at radius 2 is 2.05 bits per heavy atom. The summed E-state index contributed by atoms with van der Waals surface area (Å²) in [5.74, 6) is 0.543. The first kappa shape index (κ1) is 12.5. The molecule has 0 radical (unpaired) electrons. The van der Waals surface area contributed by atoms with Crippen LogP contribution in [0.3, 0.4) is 0 Å². The number of alkyl halides is 2. The number of nitrogens with two attached hydrogens (primary N) is 1. The van der Waals surface area contributed by atoms with Gasteiger partial charge in [0.15, 0.2) is 11.5 Å². The SMILES string of the molecule is CC1CN(c2ccc3c(c2)OC(F)(F)O3)CCC1N. The van der Waals surface area contributed by atoms with Gasteiger partial charge in [0, 0.05) is 30.9 Å². The number of benzene rings is 1. The van der Waals surface area contributed by atoms with E-state index in [-0.39, 0.29) is 17.5 Å². The third-order valence-corrected chi connectivity index (χ3v) is 3.72. The van der Waals surface area contributed by atoms with E-state index in [0.717, 1.165) is 25.2 Å². The zero-order valence-corrected chi connectivity index (χ0v) is 10.6. The Morgan fingerprint density at radius 3 is 2.79 bits per heavy atom. The molecule has 2 atom stereocenters. The van der Waals surface area contributed by atoms with E-state index in [1.165, 1.54) is 6.07 Å². The standard InChI is InChI=1S/C13H16F2N2O2/c1-8-7-17(5-4-10(8)16)9-2-3-11-12(6-9)19-13(14,15)18-11/h2-3,6,8,10H,4-5,7,16H2,1H3. The van der Waals surface area contributed by atoms with E-state index in [9.17, 15) is 8.78 Å². The smallest absolute Gasteiger partial charge is 0.395 e. The van der Waals surface area contributed by atoms with Crippen LogP contribution in [0.2, 0.25) is 0 Å². The molecule has 6 heteroatoms. The molecule has 1 saturated heterocycles. The van der Waals surface area contributed by atoms with Gasteiger partial charge in [-0.1, -0.05) is 6.92 Å². The Kier molecular flexibility index (Phi) is 2.78. The lowest BCUT2D eigenvalue weighted by Gasteiger charge is -2.36. The number of anilines is 1. The number of ether oxygens (including phenoxy) is 2. The normalized spacial score (nSPS) is 28.5. The fraction of sp³-hybridized carbons (Fsp3) is 0.538. The molecular weight excluding hydrogens is 254 g/mol. The van der Waals surface area contributed by atoms with Crippen LogP contribution < -0.4 is 20.1 Å². The van der Waals surface area contributed by atoms with Crippen molar-refractivity contribution in [3.05, 3.63) is 18.2 Å². The summed E-state index contributed by atoms with van der Waals surface area (Å²) in [6, 6.07) is 5.09. The molecule has 2 heterocycles. The highest BCUT2D eigenvalue weighted by atomic mass is 19.3. The minimum absolute atomic E-state index is 0.0792. The van der Waals surface area contributed by atoms with Crippen LogP contribution >= 0.6 is 0 Å². The van der Waals surface area contributed by atoms with Gasteiger partial charge in [0.25, 0.3) is 0 Å². The fourth-order valence-electron chi connectivity index (χ4n) is 2.53. The summed E-state index contributed by atoms with van der Waals surface area (Å²) in [6.45, 7) is 3.73. The molecule has 2 unspecified atom stereocenters. The summed E-state index contributed by atoms with van der Waals surface area (Å²) in [4.78, 5) is 2.13. The molecule has 19 heavy (non-hydrogen) atoms. The van der Waals surface area contributed by atoms with Crippen molar-refractivity contribution in [2.45, 2.75) is 25.7 Å². The molecule has 4 nitrogen and oxygen atoms in total. The summed E-state index contributed by atoms with van der Waals surface area (Å²) in [5.41, 5.74) is 6.83. The maximum absolute atomic E-state index is 12.9. The lowest BCUT2D eigenvalue weighted by molar-refractivity contribution is -0.286. The van der Waals surface area contributed by atoms with Crippen molar-refractivity contribution in [1.29, 1.82) is 0 Å². The average Bonchev–Trinajstić information content (AvgIpc) is 2.65. The van der Waals surface area contributed by atoms with Gasteiger partial charge in [0.05, 0.1) is 0 Å². The highest BCUT2D eigenvalue weighted by molar-refractivity contribution is 5.57. The highest BCUT2D eigenvalue weighted by Crippen LogP contribution is 2.43. The maximum Gasteiger partial charge on any atom is 0.586 e. The van der Waals surface area contributed by atoms with Gasteiger partial charge in [-0.25, -0.2) is 0 Å². The van der Waals surface area contributed by atoms with Crippen molar-refractivity contribution in [3.8, 4) is 11.5 Å². The molecule has 2 aliphatic heterocycles. The van der Waals surface area contributed by atoms with E-state index in [0.29, 0.717) is 5.92 Å². The van der Waals surface area contributed by atoms with E-state index in [1.54, 1.807) is 12.1 Å². The van der Waals surface area contributed by atoms with E-state index < -0.39 is 6.29 Å². The van der Waals surface area contributed by atoms with Crippen molar-refractivity contribution in [3.63, 3.8) is 0 Å². The first-order valence-corrected chi connectivity index (χ1v) is 6.35. The number of hydrogen-bond acceptors (Lipinski definition) is 4. The number of nitrogens with zero attached hydrogens (tertiary/aromatic N) is 1. The first-order valence-electron chi connectivity index (χ1n) is 6.35. The lowest BCUT2D eigenvalue weighted by atomic mass is 9.94. The molecule has 0 saturated carbocycles. The van der Waals surface area contributed by atoms with Crippen molar-refractivity contribution in [2.24, 2.45) is 11.7 Å². The van der Waals surface area contributed by atoms with Crippen LogP contribution in [0.5, 0.6) is 11.5 Å². The largest absolute Gasteiger partial charge is 0.586 e. The van der Waals surface area contributed by atoms with Crippen LogP contribution in [-0.2, 0) is 0 Å². The molecule has 0 spiro atoms. The molecule has 1 aromatic rings. The van der Waals surface area contributed by atoms with Gasteiger partial charge in [-0.2, -0.15) is 0 Å². The molecule has 0 aliphatic carbocycles. The zero-order chi connectivity index (χ0) is 13.6. The van der Waals surface area contributed by atoms with Gasteiger partial charge < -0.3 is 20.1 Å². The number of piperidine rings is 1. The van der Waals surface area contributed by atoms with E-state index in [2.05, 4.69) is 21.3 Å². The van der Waals surface area contributed by atoms with E-state index in [4.69, 9.17) is 5.73 Å². The van der Waals surface area contributed by atoms with Crippen LogP contribution in [0.25, 0.3) is 0 Å². The summed E-state index contributed by atoms with van der Waals surface area (Å²) in [5, 5.41) is 0. The molecule has 0 amide bonds. The third-order valence-electron chi connectivity index (χ3n) is 3.72. The van der Waals surface area contributed by atoms with Crippen LogP contribution in [0.4, 0.5) is 14.5 Å². The minimum Gasteiger partial charge on any atom is -0.395 e. The second-order valence-electron chi connectivity index (χ2n) is 5.17. The summed E-state index contributed by atoms with van der Waals surface area (Å²) >= 11 is 0. The van der Waals surface area contributed by atoms with Gasteiger partial charge in [-0.3, -0.25) is 0 Å². The Bertz CT molecular complexity index is 496. The predicted molar refractivity (Wildman–Crippen MR) is 66.6 cm³/mol. The minimum atomic E-state index is -3.56. The quantitative estimate of drug-likeness (QED) is 0.849. The third kappa shape index (κ3) is 2.32. The molecule has 104 valence electrons. The highest BCUT2D eigenvalue weighted by Gasteiger charge is 2.43. The predicted octanol–water partition coefficient (Wildman–Crippen LogP) is 2.18. The van der Waals surface area contributed by atoms with Gasteiger partial charge >= 0.3 is 6.29 Å². The fourth-order valence-corrected chi connectivity index (χ4v) is 2.53. The Hall–Kier alpha value is -1.56. The monoisotopic (exact) mass is 270 g/mol. The molecular formula is C13H16F2N2O2. The Labute approximate surface area is 110 Å². The summed E-state index contributed by atoms with van der Waals surface area (Å²) in [6.07, 6.45) is -2.66. The summed E-state index contributed by atoms with van der Waals surface area (Å²) < 4.78 is 34.7. The molecule has 2 N–H and O–H groups in total. The Morgan fingerprint density at radius 1 is 1.32 bits per heavy atom. The zero-order valence-electron chi connectivity index (χ0n) is 10.6. The average molecular weight is 270 g/mol. The maximum atomic E-state index is 12.9. The molecule has 2 aliphatic rings. The number of halogens is 2. The van der Waals surface area contributed by atoms with Crippen LogP contribution in [-0.4, -0.2) is 25.4 Å². The van der Waals surface area contributed by atoms with Crippen molar-refractivity contribution >= 4 is 5.69 Å². The molecule has 0 bridgehead atoms. The van der Waals surface area contributed by atoms with Crippen LogP contribution in [0, 0.1) is 5.92 Å². The molecule has 1 fully saturated rings. The van der Waals surface area contributed by atoms with Gasteiger partial charge in [-0.05, 0) is 24.5 Å². The summed E-state index contributed by atoms with van der Waals surface area (Å²) in [7, 11) is 0. The molecule has 1 aromatic carbocycles. The topological polar surface area (TPSA) is 47.7 Å². The molecule has 0 aromatic heterocycles. The van der Waals surface area contributed by atoms with Gasteiger partial charge in [-0.15, -0.1) is 8.78 Å². The number of rotatable bonds is 1. The van der Waals surface area contributed by atoms with Crippen LogP contribution in [0.15, 0.2) is 18.2 Å². The van der Waals surface area contributed by atoms with Crippen LogP contribution in [0.1, 0.15) is 13.3 Å². The second kappa shape index (κ2) is 4.23. The molecule has 3 rings (SSSR count).